The second-order valence-corrected chi connectivity index (χ2v) is 8.02. The maximum atomic E-state index is 11.7. The third kappa shape index (κ3) is 3.21. The number of cyclic esters (lactones) is 1. The number of carbonyl (C=O) groups excluding carboxylic acids is 1. The minimum absolute atomic E-state index is 0.248. The monoisotopic (exact) mass is 344 g/mol. The lowest BCUT2D eigenvalue weighted by Gasteiger charge is -2.46. The quantitative estimate of drug-likeness (QED) is 0.823. The first-order chi connectivity index (χ1) is 12.1. The molecular formula is C20H28N2O3. The Bertz CT molecular complexity index is 662. The summed E-state index contributed by atoms with van der Waals surface area (Å²) in [6.45, 7) is 7.36. The lowest BCUT2D eigenvalue weighted by atomic mass is 9.74. The van der Waals surface area contributed by atoms with Gasteiger partial charge in [-0.05, 0) is 68.3 Å². The number of aliphatic hydroxyl groups excluding tert-OH is 1. The van der Waals surface area contributed by atoms with Crippen LogP contribution in [0.5, 0.6) is 0 Å². The van der Waals surface area contributed by atoms with E-state index in [0.717, 1.165) is 42.9 Å². The van der Waals surface area contributed by atoms with E-state index in [1.807, 2.05) is 13.0 Å². The van der Waals surface area contributed by atoms with Gasteiger partial charge in [0.15, 0.2) is 0 Å². The minimum atomic E-state index is -0.521. The van der Waals surface area contributed by atoms with Crippen LogP contribution in [-0.4, -0.2) is 48.7 Å². The molecule has 0 aliphatic carbocycles. The lowest BCUT2D eigenvalue weighted by molar-refractivity contribution is 0.0309. The van der Waals surface area contributed by atoms with Crippen LogP contribution in [0.25, 0.3) is 0 Å². The fourth-order valence-electron chi connectivity index (χ4n) is 4.92. The predicted molar refractivity (Wildman–Crippen MR) is 95.5 cm³/mol. The summed E-state index contributed by atoms with van der Waals surface area (Å²) in [5.41, 5.74) is 3.91. The van der Waals surface area contributed by atoms with E-state index in [1.54, 1.807) is 6.07 Å². The SMILES string of the molecule is Cc1c([C@@H](O)CN2CCCC3(CCCNC3)C2)ccc2c1COC2=O. The topological polar surface area (TPSA) is 61.8 Å². The van der Waals surface area contributed by atoms with Crippen molar-refractivity contribution < 1.29 is 14.6 Å². The zero-order valence-electron chi connectivity index (χ0n) is 15.0. The van der Waals surface area contributed by atoms with Crippen LogP contribution < -0.4 is 5.32 Å². The second-order valence-electron chi connectivity index (χ2n) is 8.02. The molecule has 0 radical (unpaired) electrons. The Morgan fingerprint density at radius 2 is 2.20 bits per heavy atom. The van der Waals surface area contributed by atoms with Gasteiger partial charge in [-0.25, -0.2) is 4.79 Å². The molecule has 1 spiro atoms. The predicted octanol–water partition coefficient (Wildman–Crippen LogP) is 2.16. The average molecular weight is 344 g/mol. The number of nitrogens with one attached hydrogen (secondary N) is 1. The summed E-state index contributed by atoms with van der Waals surface area (Å²) < 4.78 is 5.13. The number of aliphatic hydroxyl groups is 1. The number of fused-ring (bicyclic) bond motifs is 1. The van der Waals surface area contributed by atoms with Gasteiger partial charge in [0.05, 0.1) is 11.7 Å². The van der Waals surface area contributed by atoms with Crippen molar-refractivity contribution >= 4 is 5.97 Å². The Hall–Kier alpha value is -1.43. The zero-order valence-corrected chi connectivity index (χ0v) is 15.0. The summed E-state index contributed by atoms with van der Waals surface area (Å²) >= 11 is 0. The third-order valence-electron chi connectivity index (χ3n) is 6.30. The molecule has 5 nitrogen and oxygen atoms in total. The molecule has 0 bridgehead atoms. The molecule has 2 N–H and O–H groups in total. The van der Waals surface area contributed by atoms with Crippen molar-refractivity contribution in [3.8, 4) is 0 Å². The van der Waals surface area contributed by atoms with Gasteiger partial charge >= 0.3 is 5.97 Å². The van der Waals surface area contributed by atoms with E-state index in [0.29, 0.717) is 24.1 Å². The number of rotatable bonds is 3. The van der Waals surface area contributed by atoms with E-state index in [9.17, 15) is 9.90 Å². The van der Waals surface area contributed by atoms with Gasteiger partial charge in [0.2, 0.25) is 0 Å². The number of hydrogen-bond donors (Lipinski definition) is 2. The molecule has 2 fully saturated rings. The molecule has 2 atom stereocenters. The van der Waals surface area contributed by atoms with Crippen LogP contribution in [0.1, 0.15) is 58.8 Å². The lowest BCUT2D eigenvalue weighted by Crippen LogP contribution is -2.51. The molecule has 136 valence electrons. The van der Waals surface area contributed by atoms with Gasteiger partial charge in [0, 0.05) is 25.2 Å². The molecular weight excluding hydrogens is 316 g/mol. The summed E-state index contributed by atoms with van der Waals surface area (Å²) in [4.78, 5) is 14.1. The van der Waals surface area contributed by atoms with Crippen molar-refractivity contribution in [1.29, 1.82) is 0 Å². The maximum Gasteiger partial charge on any atom is 0.338 e. The summed E-state index contributed by atoms with van der Waals surface area (Å²) in [5.74, 6) is -0.248. The highest BCUT2D eigenvalue weighted by atomic mass is 16.5. The molecule has 0 saturated carbocycles. The molecule has 5 heteroatoms. The van der Waals surface area contributed by atoms with Crippen LogP contribution in [0.4, 0.5) is 0 Å². The number of nitrogens with zero attached hydrogens (tertiary/aromatic N) is 1. The molecule has 3 aliphatic heterocycles. The molecule has 3 heterocycles. The van der Waals surface area contributed by atoms with Crippen LogP contribution in [-0.2, 0) is 11.3 Å². The van der Waals surface area contributed by atoms with Crippen molar-refractivity contribution in [3.05, 3.63) is 34.4 Å². The first-order valence-electron chi connectivity index (χ1n) is 9.49. The minimum Gasteiger partial charge on any atom is -0.457 e. The molecule has 0 amide bonds. The Kier molecular flexibility index (Phi) is 4.56. The van der Waals surface area contributed by atoms with Crippen molar-refractivity contribution in [1.82, 2.24) is 10.2 Å². The van der Waals surface area contributed by atoms with Crippen molar-refractivity contribution in [2.45, 2.75) is 45.3 Å². The number of carbonyl (C=O) groups is 1. The van der Waals surface area contributed by atoms with Gasteiger partial charge in [-0.15, -0.1) is 0 Å². The highest BCUT2D eigenvalue weighted by Crippen LogP contribution is 2.37. The van der Waals surface area contributed by atoms with Crippen molar-refractivity contribution in [2.75, 3.05) is 32.7 Å². The Balaban J connectivity index is 1.47. The number of esters is 1. The average Bonchev–Trinajstić information content (AvgIpc) is 2.98. The first kappa shape index (κ1) is 17.0. The largest absolute Gasteiger partial charge is 0.457 e. The molecule has 4 rings (SSSR count). The van der Waals surface area contributed by atoms with Gasteiger partial charge in [-0.2, -0.15) is 0 Å². The Morgan fingerprint density at radius 3 is 3.00 bits per heavy atom. The number of piperidine rings is 2. The summed E-state index contributed by atoms with van der Waals surface area (Å²) in [6, 6.07) is 3.70. The third-order valence-corrected chi connectivity index (χ3v) is 6.30. The van der Waals surface area contributed by atoms with E-state index in [-0.39, 0.29) is 5.97 Å². The number of benzene rings is 1. The van der Waals surface area contributed by atoms with Crippen LogP contribution in [0.2, 0.25) is 0 Å². The standard InChI is InChI=1S/C20H28N2O3/c1-14-15(4-5-16-17(14)11-25-19(16)24)18(23)10-22-9-3-7-20(13-22)6-2-8-21-12-20/h4-5,18,21,23H,2-3,6-13H2,1H3/t18-,20?/m0/s1. The number of likely N-dealkylation sites (tertiary alicyclic amines) is 1. The van der Waals surface area contributed by atoms with Gasteiger partial charge in [-0.1, -0.05) is 6.07 Å². The van der Waals surface area contributed by atoms with Gasteiger partial charge in [-0.3, -0.25) is 4.90 Å². The van der Waals surface area contributed by atoms with Gasteiger partial charge < -0.3 is 15.2 Å². The fraction of sp³-hybridized carbons (Fsp3) is 0.650. The fourth-order valence-corrected chi connectivity index (χ4v) is 4.92. The van der Waals surface area contributed by atoms with Crippen molar-refractivity contribution in [2.24, 2.45) is 5.41 Å². The smallest absolute Gasteiger partial charge is 0.338 e. The molecule has 1 aromatic carbocycles. The van der Waals surface area contributed by atoms with E-state index in [4.69, 9.17) is 4.74 Å². The van der Waals surface area contributed by atoms with E-state index >= 15 is 0 Å². The van der Waals surface area contributed by atoms with E-state index in [2.05, 4.69) is 10.2 Å². The highest BCUT2D eigenvalue weighted by molar-refractivity contribution is 5.93. The summed E-state index contributed by atoms with van der Waals surface area (Å²) in [6.07, 6.45) is 4.54. The normalized spacial score (nSPS) is 28.0. The molecule has 1 unspecified atom stereocenters. The molecule has 0 aromatic heterocycles. The van der Waals surface area contributed by atoms with Gasteiger partial charge in [0.25, 0.3) is 0 Å². The highest BCUT2D eigenvalue weighted by Gasteiger charge is 2.37. The molecule has 25 heavy (non-hydrogen) atoms. The summed E-state index contributed by atoms with van der Waals surface area (Å²) in [7, 11) is 0. The van der Waals surface area contributed by atoms with Crippen LogP contribution in [0.15, 0.2) is 12.1 Å². The maximum absolute atomic E-state index is 11.7. The molecule has 1 aromatic rings. The number of hydrogen-bond acceptors (Lipinski definition) is 5. The first-order valence-corrected chi connectivity index (χ1v) is 9.49. The van der Waals surface area contributed by atoms with E-state index in [1.165, 1.54) is 25.7 Å². The Morgan fingerprint density at radius 1 is 1.36 bits per heavy atom. The van der Waals surface area contributed by atoms with Gasteiger partial charge in [0.1, 0.15) is 6.61 Å². The van der Waals surface area contributed by atoms with Crippen LogP contribution >= 0.6 is 0 Å². The molecule has 2 saturated heterocycles. The number of ether oxygens (including phenoxy) is 1. The van der Waals surface area contributed by atoms with Crippen molar-refractivity contribution in [3.63, 3.8) is 0 Å². The van der Waals surface area contributed by atoms with Crippen LogP contribution in [0.3, 0.4) is 0 Å². The Labute approximate surface area is 149 Å². The van der Waals surface area contributed by atoms with E-state index < -0.39 is 6.10 Å². The number of β-amino-alcohol motifs (C(OH)–C–C–N with tert-alkyl or cyclic N) is 1. The second kappa shape index (κ2) is 6.71. The zero-order chi connectivity index (χ0) is 17.4. The molecule has 3 aliphatic rings. The summed E-state index contributed by atoms with van der Waals surface area (Å²) in [5, 5.41) is 14.4. The van der Waals surface area contributed by atoms with Crippen LogP contribution in [0, 0.1) is 12.3 Å².